The molecule has 1 heterocycles. The van der Waals surface area contributed by atoms with Crippen molar-refractivity contribution >= 4 is 34.0 Å². The summed E-state index contributed by atoms with van der Waals surface area (Å²) in [6.07, 6.45) is 2.44. The average Bonchev–Trinajstić information content (AvgIpc) is 3.10. The predicted octanol–water partition coefficient (Wildman–Crippen LogP) is 4.41. The molecule has 0 atom stereocenters. The van der Waals surface area contributed by atoms with Crippen molar-refractivity contribution < 1.29 is 9.53 Å². The number of rotatable bonds is 7. The number of nitriles is 1. The highest BCUT2D eigenvalue weighted by molar-refractivity contribution is 7.15. The molecule has 1 N–H and O–H groups in total. The molecule has 0 aliphatic rings. The largest absolute Gasteiger partial charge is 0.367 e. The van der Waals surface area contributed by atoms with Gasteiger partial charge in [-0.25, -0.2) is 4.98 Å². The number of anilines is 1. The molecule has 7 heteroatoms. The van der Waals surface area contributed by atoms with Crippen molar-refractivity contribution in [2.75, 3.05) is 11.9 Å². The monoisotopic (exact) mass is 397 g/mol. The zero-order valence-corrected chi connectivity index (χ0v) is 15.9. The fraction of sp³-hybridized carbons (Fsp3) is 0.150. The molecule has 0 radical (unpaired) electrons. The van der Waals surface area contributed by atoms with Crippen LogP contribution in [0, 0.1) is 11.3 Å². The maximum absolute atomic E-state index is 12.0. The molecular weight excluding hydrogens is 382 g/mol. The summed E-state index contributed by atoms with van der Waals surface area (Å²) in [4.78, 5) is 17.2. The van der Waals surface area contributed by atoms with Crippen molar-refractivity contribution in [1.82, 2.24) is 4.98 Å². The number of nitrogens with zero attached hydrogens (tertiary/aromatic N) is 2. The second-order valence-corrected chi connectivity index (χ2v) is 7.27. The van der Waals surface area contributed by atoms with Crippen LogP contribution in [0.3, 0.4) is 0 Å². The molecule has 1 amide bonds. The van der Waals surface area contributed by atoms with Crippen molar-refractivity contribution in [2.24, 2.45) is 0 Å². The van der Waals surface area contributed by atoms with Gasteiger partial charge in [-0.3, -0.25) is 10.1 Å². The summed E-state index contributed by atoms with van der Waals surface area (Å²) in [5.74, 6) is -0.263. The number of carbonyl (C=O) groups is 1. The van der Waals surface area contributed by atoms with Crippen LogP contribution >= 0.6 is 22.9 Å². The summed E-state index contributed by atoms with van der Waals surface area (Å²) in [5.41, 5.74) is 2.55. The molecule has 136 valence electrons. The molecule has 0 aliphatic heterocycles. The maximum Gasteiger partial charge on any atom is 0.252 e. The lowest BCUT2D eigenvalue weighted by molar-refractivity contribution is -0.121. The quantitative estimate of drug-likeness (QED) is 0.640. The minimum Gasteiger partial charge on any atom is -0.367 e. The van der Waals surface area contributed by atoms with Crippen LogP contribution in [-0.2, 0) is 22.6 Å². The Bertz CT molecular complexity index is 964. The maximum atomic E-state index is 12.0. The molecule has 27 heavy (non-hydrogen) atoms. The van der Waals surface area contributed by atoms with Crippen LogP contribution in [0.5, 0.6) is 0 Å². The molecule has 2 aromatic carbocycles. The van der Waals surface area contributed by atoms with E-state index in [1.807, 2.05) is 30.3 Å². The molecule has 0 saturated heterocycles. The summed E-state index contributed by atoms with van der Waals surface area (Å²) < 4.78 is 5.41. The zero-order valence-electron chi connectivity index (χ0n) is 14.3. The number of halogens is 1. The van der Waals surface area contributed by atoms with E-state index in [1.165, 1.54) is 11.3 Å². The number of benzene rings is 2. The zero-order chi connectivity index (χ0) is 19.1. The topological polar surface area (TPSA) is 75.0 Å². The van der Waals surface area contributed by atoms with E-state index in [9.17, 15) is 4.79 Å². The summed E-state index contributed by atoms with van der Waals surface area (Å²) in [6.45, 7) is 0.199. The Morgan fingerprint density at radius 1 is 1.22 bits per heavy atom. The summed E-state index contributed by atoms with van der Waals surface area (Å²) in [7, 11) is 0. The van der Waals surface area contributed by atoms with E-state index in [4.69, 9.17) is 21.6 Å². The summed E-state index contributed by atoms with van der Waals surface area (Å²) in [6, 6.07) is 16.9. The molecule has 3 aromatic rings. The van der Waals surface area contributed by atoms with Crippen LogP contribution in [0.15, 0.2) is 54.7 Å². The lowest BCUT2D eigenvalue weighted by Crippen LogP contribution is -2.18. The van der Waals surface area contributed by atoms with Gasteiger partial charge in [0.15, 0.2) is 5.13 Å². The third-order valence-corrected chi connectivity index (χ3v) is 4.99. The molecule has 0 fully saturated rings. The molecule has 0 spiro atoms. The second kappa shape index (κ2) is 9.28. The first kappa shape index (κ1) is 19.1. The number of ether oxygens (including phenoxy) is 1. The highest BCUT2D eigenvalue weighted by Gasteiger charge is 2.08. The van der Waals surface area contributed by atoms with Crippen LogP contribution in [0.4, 0.5) is 5.13 Å². The normalized spacial score (nSPS) is 10.4. The average molecular weight is 398 g/mol. The van der Waals surface area contributed by atoms with Gasteiger partial charge in [-0.15, -0.1) is 11.3 Å². The molecule has 0 saturated carbocycles. The third kappa shape index (κ3) is 5.63. The minimum atomic E-state index is -0.263. The molecule has 0 aliphatic carbocycles. The predicted molar refractivity (Wildman–Crippen MR) is 106 cm³/mol. The first-order valence-corrected chi connectivity index (χ1v) is 9.38. The lowest BCUT2D eigenvalue weighted by atomic mass is 10.1. The Balaban J connectivity index is 1.47. The van der Waals surface area contributed by atoms with E-state index in [1.54, 1.807) is 24.4 Å². The number of nitrogens with one attached hydrogen (secondary N) is 1. The summed E-state index contributed by atoms with van der Waals surface area (Å²) >= 11 is 7.46. The highest BCUT2D eigenvalue weighted by Crippen LogP contribution is 2.21. The van der Waals surface area contributed by atoms with Crippen LogP contribution in [0.1, 0.15) is 21.6 Å². The summed E-state index contributed by atoms with van der Waals surface area (Å²) in [5, 5.41) is 12.7. The van der Waals surface area contributed by atoms with E-state index in [-0.39, 0.29) is 19.1 Å². The van der Waals surface area contributed by atoms with Crippen molar-refractivity contribution in [1.29, 1.82) is 5.26 Å². The van der Waals surface area contributed by atoms with E-state index in [2.05, 4.69) is 16.4 Å². The van der Waals surface area contributed by atoms with Gasteiger partial charge in [0.1, 0.15) is 6.61 Å². The Morgan fingerprint density at radius 3 is 2.74 bits per heavy atom. The molecule has 5 nitrogen and oxygen atoms in total. The number of amides is 1. The van der Waals surface area contributed by atoms with Crippen molar-refractivity contribution in [3.8, 4) is 6.07 Å². The molecule has 3 rings (SSSR count). The van der Waals surface area contributed by atoms with Gasteiger partial charge in [-0.1, -0.05) is 41.9 Å². The number of hydrogen-bond donors (Lipinski definition) is 1. The fourth-order valence-corrected chi connectivity index (χ4v) is 3.42. The van der Waals surface area contributed by atoms with Gasteiger partial charge in [0.25, 0.3) is 5.91 Å². The van der Waals surface area contributed by atoms with Gasteiger partial charge < -0.3 is 4.74 Å². The van der Waals surface area contributed by atoms with Crippen LogP contribution in [-0.4, -0.2) is 17.5 Å². The van der Waals surface area contributed by atoms with Gasteiger partial charge in [0.05, 0.1) is 18.2 Å². The first-order chi connectivity index (χ1) is 13.1. The van der Waals surface area contributed by atoms with E-state index < -0.39 is 0 Å². The van der Waals surface area contributed by atoms with E-state index in [0.717, 1.165) is 16.0 Å². The van der Waals surface area contributed by atoms with Gasteiger partial charge in [-0.2, -0.15) is 5.26 Å². The first-order valence-electron chi connectivity index (χ1n) is 8.19. The van der Waals surface area contributed by atoms with E-state index >= 15 is 0 Å². The Hall–Kier alpha value is -2.72. The number of carbonyl (C=O) groups excluding carboxylic acids is 1. The number of aromatic nitrogens is 1. The minimum absolute atomic E-state index is 0.0737. The Labute approximate surface area is 166 Å². The molecular formula is C20H16ClN3O2S. The number of hydrogen-bond acceptors (Lipinski definition) is 5. The van der Waals surface area contributed by atoms with Crippen molar-refractivity contribution in [2.45, 2.75) is 13.0 Å². The fourth-order valence-electron chi connectivity index (χ4n) is 2.37. The second-order valence-electron chi connectivity index (χ2n) is 5.75. The van der Waals surface area contributed by atoms with Gasteiger partial charge in [0.2, 0.25) is 0 Å². The van der Waals surface area contributed by atoms with Gasteiger partial charge >= 0.3 is 0 Å². The van der Waals surface area contributed by atoms with Crippen molar-refractivity contribution in [3.05, 3.63) is 81.3 Å². The highest BCUT2D eigenvalue weighted by atomic mass is 35.5. The number of thiazole rings is 1. The molecule has 0 bridgehead atoms. The van der Waals surface area contributed by atoms with Crippen LogP contribution < -0.4 is 5.32 Å². The van der Waals surface area contributed by atoms with Crippen molar-refractivity contribution in [3.63, 3.8) is 0 Å². The Morgan fingerprint density at radius 2 is 2.00 bits per heavy atom. The smallest absolute Gasteiger partial charge is 0.252 e. The SMILES string of the molecule is N#Cc1ccc(Cc2cnc(NC(=O)COCc3ccccc3Cl)s2)cc1. The van der Waals surface area contributed by atoms with Crippen LogP contribution in [0.25, 0.3) is 0 Å². The standard InChI is InChI=1S/C20H16ClN3O2S/c21-18-4-2-1-3-16(18)12-26-13-19(25)24-20-23-11-17(27-20)9-14-5-7-15(10-22)8-6-14/h1-8,11H,9,12-13H2,(H,23,24,25). The van der Waals surface area contributed by atoms with Crippen LogP contribution in [0.2, 0.25) is 5.02 Å². The molecule has 1 aromatic heterocycles. The van der Waals surface area contributed by atoms with Gasteiger partial charge in [0, 0.05) is 22.5 Å². The Kier molecular flexibility index (Phi) is 6.55. The van der Waals surface area contributed by atoms with Gasteiger partial charge in [-0.05, 0) is 29.3 Å². The molecule has 0 unspecified atom stereocenters. The van der Waals surface area contributed by atoms with E-state index in [0.29, 0.717) is 22.1 Å². The third-order valence-electron chi connectivity index (χ3n) is 3.71. The lowest BCUT2D eigenvalue weighted by Gasteiger charge is -2.05.